The van der Waals surface area contributed by atoms with Crippen LogP contribution in [-0.4, -0.2) is 110 Å². The predicted octanol–water partition coefficient (Wildman–Crippen LogP) is 15.9. The molecule has 11 nitrogen and oxygen atoms in total. The van der Waals surface area contributed by atoms with E-state index in [1.807, 2.05) is 0 Å². The first-order chi connectivity index (χ1) is 38.2. The van der Waals surface area contributed by atoms with Crippen LogP contribution in [0.3, 0.4) is 0 Å². The van der Waals surface area contributed by atoms with Crippen molar-refractivity contribution in [2.45, 2.75) is 396 Å². The van der Waals surface area contributed by atoms with Gasteiger partial charge in [0.15, 0.2) is 6.29 Å². The molecule has 0 aromatic rings. The van der Waals surface area contributed by atoms with Gasteiger partial charge in [-0.1, -0.05) is 315 Å². The number of aliphatic hydroxyl groups excluding tert-OH is 7. The summed E-state index contributed by atoms with van der Waals surface area (Å²) in [7, 11) is 0. The topological polar surface area (TPSA) is 189 Å². The number of amides is 1. The monoisotopic (exact) mass is 1110 g/mol. The van der Waals surface area contributed by atoms with Crippen LogP contribution in [0.1, 0.15) is 341 Å². The first kappa shape index (κ1) is 74.9. The van der Waals surface area contributed by atoms with Gasteiger partial charge in [-0.05, 0) is 38.5 Å². The first-order valence-electron chi connectivity index (χ1n) is 34.1. The molecule has 464 valence electrons. The van der Waals surface area contributed by atoms with Gasteiger partial charge in [-0.2, -0.15) is 0 Å². The molecule has 11 heteroatoms. The number of aliphatic hydroxyl groups is 7. The summed E-state index contributed by atoms with van der Waals surface area (Å²) < 4.78 is 11.2. The summed E-state index contributed by atoms with van der Waals surface area (Å²) in [6, 6.07) is -1.18. The summed E-state index contributed by atoms with van der Waals surface area (Å²) in [6.07, 6.45) is 57.3. The Hall–Kier alpha value is -1.15. The second kappa shape index (κ2) is 56.3. The van der Waals surface area contributed by atoms with Crippen LogP contribution >= 0.6 is 0 Å². The lowest BCUT2D eigenvalue weighted by Gasteiger charge is -2.40. The fraction of sp³-hybridized carbons (Fsp3) is 0.955. The van der Waals surface area contributed by atoms with E-state index in [0.717, 1.165) is 32.1 Å². The third-order valence-electron chi connectivity index (χ3n) is 16.8. The number of carbonyl (C=O) groups excluding carboxylic acids is 1. The maximum absolute atomic E-state index is 13.2. The lowest BCUT2D eigenvalue weighted by Crippen LogP contribution is -2.60. The number of ether oxygens (including phenoxy) is 2. The van der Waals surface area contributed by atoms with Crippen molar-refractivity contribution in [1.82, 2.24) is 5.32 Å². The molecule has 1 heterocycles. The fourth-order valence-electron chi connectivity index (χ4n) is 11.3. The van der Waals surface area contributed by atoms with E-state index in [0.29, 0.717) is 12.8 Å². The van der Waals surface area contributed by atoms with Crippen molar-refractivity contribution in [3.05, 3.63) is 12.2 Å². The fourth-order valence-corrected chi connectivity index (χ4v) is 11.3. The lowest BCUT2D eigenvalue weighted by molar-refractivity contribution is -0.303. The van der Waals surface area contributed by atoms with E-state index < -0.39 is 74.2 Å². The van der Waals surface area contributed by atoms with E-state index in [-0.39, 0.29) is 12.8 Å². The van der Waals surface area contributed by atoms with Gasteiger partial charge in [-0.25, -0.2) is 0 Å². The quantitative estimate of drug-likeness (QED) is 0.0215. The SMILES string of the molecule is CCCCCCCCCCCCCCCCCCCCCCCCCCCCC/C=C/CCCC(O)C(O)C(COC1OC(CO)C(O)C(O)C1O)NC(=O)C(O)CCCCCCCCCCCCCCCCCCCCC. The van der Waals surface area contributed by atoms with E-state index in [4.69, 9.17) is 9.47 Å². The van der Waals surface area contributed by atoms with Crippen LogP contribution in [-0.2, 0) is 14.3 Å². The Morgan fingerprint density at radius 2 is 0.756 bits per heavy atom. The Balaban J connectivity index is 2.20. The van der Waals surface area contributed by atoms with E-state index in [1.54, 1.807) is 0 Å². The van der Waals surface area contributed by atoms with Crippen LogP contribution in [0.15, 0.2) is 12.2 Å². The standard InChI is InChI=1S/C67H131NO10/c1-3-5-7-9-11-13-15-17-19-21-23-24-25-26-27-28-29-30-31-32-33-34-35-37-38-40-42-44-46-48-50-52-54-59(70)62(72)58(57-77-67-65(75)64(74)63(73)61(56-69)78-67)68-66(76)60(71)55-53-51-49-47-45-43-41-39-36-22-20-18-16-14-12-10-8-6-4-2/h46,48,58-65,67,69-75H,3-45,47,49-57H2,1-2H3,(H,68,76)/b48-46+. The maximum Gasteiger partial charge on any atom is 0.249 e. The van der Waals surface area contributed by atoms with Crippen molar-refractivity contribution >= 4 is 5.91 Å². The van der Waals surface area contributed by atoms with Crippen molar-refractivity contribution < 1.29 is 50.0 Å². The molecule has 9 unspecified atom stereocenters. The average Bonchev–Trinajstić information content (AvgIpc) is 3.45. The summed E-state index contributed by atoms with van der Waals surface area (Å²) in [6.45, 7) is 3.50. The summed E-state index contributed by atoms with van der Waals surface area (Å²) in [5, 5.41) is 76.4. The Bertz CT molecular complexity index is 1270. The molecule has 8 N–H and O–H groups in total. The summed E-state index contributed by atoms with van der Waals surface area (Å²) in [5.74, 6) is -0.699. The molecule has 1 aliphatic rings. The van der Waals surface area contributed by atoms with Gasteiger partial charge in [-0.3, -0.25) is 4.79 Å². The van der Waals surface area contributed by atoms with Gasteiger partial charge in [0, 0.05) is 0 Å². The van der Waals surface area contributed by atoms with Gasteiger partial charge in [0.2, 0.25) is 5.91 Å². The molecule has 1 aliphatic heterocycles. The van der Waals surface area contributed by atoms with Crippen LogP contribution in [0, 0.1) is 0 Å². The van der Waals surface area contributed by atoms with E-state index >= 15 is 0 Å². The number of carbonyl (C=O) groups is 1. The third-order valence-corrected chi connectivity index (χ3v) is 16.8. The van der Waals surface area contributed by atoms with E-state index in [2.05, 4.69) is 31.3 Å². The third kappa shape index (κ3) is 43.5. The highest BCUT2D eigenvalue weighted by Crippen LogP contribution is 2.24. The smallest absolute Gasteiger partial charge is 0.249 e. The Morgan fingerprint density at radius 3 is 1.10 bits per heavy atom. The average molecular weight is 1110 g/mol. The maximum atomic E-state index is 13.2. The first-order valence-corrected chi connectivity index (χ1v) is 34.1. The summed E-state index contributed by atoms with van der Waals surface area (Å²) in [5.41, 5.74) is 0. The van der Waals surface area contributed by atoms with Gasteiger partial charge in [-0.15, -0.1) is 0 Å². The van der Waals surface area contributed by atoms with Crippen LogP contribution in [0.4, 0.5) is 0 Å². The number of allylic oxidation sites excluding steroid dienone is 2. The molecule has 9 atom stereocenters. The largest absolute Gasteiger partial charge is 0.394 e. The number of rotatable bonds is 60. The molecular weight excluding hydrogens is 979 g/mol. The van der Waals surface area contributed by atoms with Crippen molar-refractivity contribution in [2.24, 2.45) is 0 Å². The molecule has 0 aromatic heterocycles. The predicted molar refractivity (Wildman–Crippen MR) is 326 cm³/mol. The number of hydrogen-bond acceptors (Lipinski definition) is 10. The Labute approximate surface area is 481 Å². The number of hydrogen-bond donors (Lipinski definition) is 8. The van der Waals surface area contributed by atoms with E-state index in [9.17, 15) is 40.5 Å². The molecule has 78 heavy (non-hydrogen) atoms. The molecule has 0 radical (unpaired) electrons. The molecule has 1 amide bonds. The summed E-state index contributed by atoms with van der Waals surface area (Å²) in [4.78, 5) is 13.2. The van der Waals surface area contributed by atoms with Crippen LogP contribution in [0.25, 0.3) is 0 Å². The van der Waals surface area contributed by atoms with Gasteiger partial charge >= 0.3 is 0 Å². The highest BCUT2D eigenvalue weighted by atomic mass is 16.7. The van der Waals surface area contributed by atoms with Crippen molar-refractivity contribution in [2.75, 3.05) is 13.2 Å². The second-order valence-electron chi connectivity index (χ2n) is 24.3. The zero-order valence-electron chi connectivity index (χ0n) is 51.2. The molecule has 0 aromatic carbocycles. The molecule has 0 saturated carbocycles. The van der Waals surface area contributed by atoms with Gasteiger partial charge in [0.05, 0.1) is 25.4 Å². The zero-order chi connectivity index (χ0) is 56.8. The Kier molecular flexibility index (Phi) is 54.1. The molecule has 1 saturated heterocycles. The molecule has 1 fully saturated rings. The zero-order valence-corrected chi connectivity index (χ0v) is 51.2. The normalized spacial score (nSPS) is 19.4. The highest BCUT2D eigenvalue weighted by molar-refractivity contribution is 5.80. The van der Waals surface area contributed by atoms with Gasteiger partial charge in [0.1, 0.15) is 36.6 Å². The minimum Gasteiger partial charge on any atom is -0.394 e. The van der Waals surface area contributed by atoms with Crippen LogP contribution < -0.4 is 5.32 Å². The molecular formula is C67H131NO10. The number of nitrogens with one attached hydrogen (secondary N) is 1. The summed E-state index contributed by atoms with van der Waals surface area (Å²) >= 11 is 0. The Morgan fingerprint density at radius 1 is 0.436 bits per heavy atom. The minimum absolute atomic E-state index is 0.260. The lowest BCUT2D eigenvalue weighted by atomic mass is 9.98. The minimum atomic E-state index is -1.67. The van der Waals surface area contributed by atoms with Crippen molar-refractivity contribution in [1.29, 1.82) is 0 Å². The molecule has 1 rings (SSSR count). The molecule has 0 bridgehead atoms. The molecule has 0 aliphatic carbocycles. The van der Waals surface area contributed by atoms with Gasteiger partial charge in [0.25, 0.3) is 0 Å². The second-order valence-corrected chi connectivity index (χ2v) is 24.3. The van der Waals surface area contributed by atoms with Crippen molar-refractivity contribution in [3.8, 4) is 0 Å². The molecule has 0 spiro atoms. The van der Waals surface area contributed by atoms with Gasteiger partial charge < -0.3 is 50.5 Å². The number of unbranched alkanes of at least 4 members (excludes halogenated alkanes) is 46. The van der Waals surface area contributed by atoms with Crippen molar-refractivity contribution in [3.63, 3.8) is 0 Å². The van der Waals surface area contributed by atoms with Crippen LogP contribution in [0.2, 0.25) is 0 Å². The van der Waals surface area contributed by atoms with E-state index in [1.165, 1.54) is 270 Å². The van der Waals surface area contributed by atoms with Crippen LogP contribution in [0.5, 0.6) is 0 Å². The highest BCUT2D eigenvalue weighted by Gasteiger charge is 2.44.